The Kier molecular flexibility index (Phi) is 2.45. The lowest BCUT2D eigenvalue weighted by Gasteiger charge is -2.14. The Bertz CT molecular complexity index is 496. The molecule has 2 nitrogen and oxygen atoms in total. The van der Waals surface area contributed by atoms with E-state index in [1.54, 1.807) is 23.5 Å². The normalized spacial score (nSPS) is 18.0. The van der Waals surface area contributed by atoms with Crippen LogP contribution in [0.5, 0.6) is 11.5 Å². The molecule has 0 saturated heterocycles. The molecule has 2 aliphatic rings. The number of rotatable bonds is 1. The van der Waals surface area contributed by atoms with Gasteiger partial charge in [0.05, 0.1) is 0 Å². The van der Waals surface area contributed by atoms with Gasteiger partial charge in [0.25, 0.3) is 6.29 Å². The fourth-order valence-electron chi connectivity index (χ4n) is 1.95. The van der Waals surface area contributed by atoms with Crippen LogP contribution >= 0.6 is 23.5 Å². The predicted octanol–water partition coefficient (Wildman–Crippen LogP) is 4.17. The number of hydrogen-bond donors (Lipinski definition) is 0. The van der Waals surface area contributed by atoms with Crippen LogP contribution in [-0.4, -0.2) is 6.29 Å². The summed E-state index contributed by atoms with van der Waals surface area (Å²) in [6.45, 7) is 0. The third-order valence-electron chi connectivity index (χ3n) is 2.78. The third-order valence-corrected chi connectivity index (χ3v) is 5.35. The largest absolute Gasteiger partial charge is 0.448 e. The lowest BCUT2D eigenvalue weighted by molar-refractivity contribution is 0.0847. The molecule has 2 aliphatic heterocycles. The number of thioether (sulfide) groups is 2. The number of hydrogen-bond acceptors (Lipinski definition) is 4. The first kappa shape index (κ1) is 10.6. The average Bonchev–Trinajstić information content (AvgIpc) is 3.02. The highest BCUT2D eigenvalue weighted by atomic mass is 32.2. The van der Waals surface area contributed by atoms with Crippen LogP contribution in [0.25, 0.3) is 0 Å². The Morgan fingerprint density at radius 2 is 1.22 bits per heavy atom. The fraction of sp³-hybridized carbons (Fsp3) is 0.0714. The molecule has 0 N–H and O–H groups in total. The quantitative estimate of drug-likeness (QED) is 0.776. The number of fused-ring (bicyclic) bond motifs is 2. The maximum Gasteiger partial charge on any atom is 0.268 e. The molecule has 0 aliphatic carbocycles. The summed E-state index contributed by atoms with van der Waals surface area (Å²) in [5.74, 6) is 1.65. The highest BCUT2D eigenvalue weighted by Gasteiger charge is 2.38. The van der Waals surface area contributed by atoms with Gasteiger partial charge in [0.1, 0.15) is 0 Å². The first-order valence-electron chi connectivity index (χ1n) is 5.64. The standard InChI is InChI=1S/C14H9O2S2/c1-2-6-10-9(5-1)15-13(16-10)14-17-11-7-3-4-8-12(11)18-14/h1-8,13H. The van der Waals surface area contributed by atoms with Gasteiger partial charge >= 0.3 is 0 Å². The van der Waals surface area contributed by atoms with E-state index in [1.807, 2.05) is 24.3 Å². The van der Waals surface area contributed by atoms with Crippen molar-refractivity contribution in [1.29, 1.82) is 0 Å². The van der Waals surface area contributed by atoms with E-state index in [0.29, 0.717) is 0 Å². The molecule has 1 radical (unpaired) electrons. The summed E-state index contributed by atoms with van der Waals surface area (Å²) in [6, 6.07) is 16.2. The molecule has 0 fully saturated rings. The summed E-state index contributed by atoms with van der Waals surface area (Å²) in [5, 5.41) is 0. The maximum atomic E-state index is 5.82. The van der Waals surface area contributed by atoms with Crippen molar-refractivity contribution >= 4 is 23.5 Å². The summed E-state index contributed by atoms with van der Waals surface area (Å²) < 4.78 is 12.8. The lowest BCUT2D eigenvalue weighted by atomic mass is 10.3. The van der Waals surface area contributed by atoms with Gasteiger partial charge in [-0.05, 0) is 24.3 Å². The van der Waals surface area contributed by atoms with Crippen molar-refractivity contribution in [2.75, 3.05) is 0 Å². The second-order valence-corrected chi connectivity index (χ2v) is 6.41. The van der Waals surface area contributed by atoms with E-state index in [-0.39, 0.29) is 6.29 Å². The van der Waals surface area contributed by atoms with Crippen LogP contribution in [0.1, 0.15) is 0 Å². The van der Waals surface area contributed by atoms with Crippen LogP contribution in [-0.2, 0) is 0 Å². The summed E-state index contributed by atoms with van der Waals surface area (Å²) in [6.07, 6.45) is -0.287. The van der Waals surface area contributed by atoms with Crippen molar-refractivity contribution in [1.82, 2.24) is 0 Å². The molecule has 89 valence electrons. The molecule has 0 aromatic heterocycles. The SMILES string of the molecule is c1ccc2c(c1)OC([C]1Sc3ccccc3S1)O2. The molecule has 0 unspecified atom stereocenters. The molecule has 18 heavy (non-hydrogen) atoms. The number of para-hydroxylation sites is 2. The first-order chi connectivity index (χ1) is 8.90. The van der Waals surface area contributed by atoms with E-state index in [9.17, 15) is 0 Å². The van der Waals surface area contributed by atoms with Crippen molar-refractivity contribution in [3.8, 4) is 11.5 Å². The molecule has 0 atom stereocenters. The molecule has 2 aromatic carbocycles. The highest BCUT2D eigenvalue weighted by molar-refractivity contribution is 8.23. The Hall–Kier alpha value is -1.26. The molecular weight excluding hydrogens is 264 g/mol. The zero-order valence-corrected chi connectivity index (χ0v) is 11.0. The van der Waals surface area contributed by atoms with Gasteiger partial charge in [0, 0.05) is 9.79 Å². The molecular formula is C14H9O2S2. The second kappa shape index (κ2) is 4.14. The molecule has 2 heterocycles. The average molecular weight is 273 g/mol. The van der Waals surface area contributed by atoms with Gasteiger partial charge in [0.15, 0.2) is 16.1 Å². The summed E-state index contributed by atoms with van der Waals surface area (Å²) >= 11 is 3.47. The molecule has 0 bridgehead atoms. The van der Waals surface area contributed by atoms with Crippen LogP contribution in [0.3, 0.4) is 0 Å². The van der Waals surface area contributed by atoms with Gasteiger partial charge in [-0.3, -0.25) is 0 Å². The van der Waals surface area contributed by atoms with Crippen molar-refractivity contribution in [3.63, 3.8) is 0 Å². The monoisotopic (exact) mass is 273 g/mol. The zero-order valence-electron chi connectivity index (χ0n) is 9.33. The smallest absolute Gasteiger partial charge is 0.268 e. The molecule has 4 rings (SSSR count). The highest BCUT2D eigenvalue weighted by Crippen LogP contribution is 2.56. The van der Waals surface area contributed by atoms with Crippen molar-refractivity contribution in [2.45, 2.75) is 16.1 Å². The van der Waals surface area contributed by atoms with E-state index in [4.69, 9.17) is 9.47 Å². The predicted molar refractivity (Wildman–Crippen MR) is 72.9 cm³/mol. The molecule has 0 saturated carbocycles. The van der Waals surface area contributed by atoms with Gasteiger partial charge in [-0.2, -0.15) is 0 Å². The second-order valence-electron chi connectivity index (χ2n) is 3.98. The van der Waals surface area contributed by atoms with Gasteiger partial charge in [-0.1, -0.05) is 47.8 Å². The number of ether oxygens (including phenoxy) is 2. The van der Waals surface area contributed by atoms with Crippen LogP contribution in [0.2, 0.25) is 0 Å². The number of benzene rings is 2. The minimum absolute atomic E-state index is 0.287. The molecule has 0 spiro atoms. The van der Waals surface area contributed by atoms with E-state index in [2.05, 4.69) is 24.3 Å². The Balaban J connectivity index is 1.56. The van der Waals surface area contributed by atoms with Crippen LogP contribution in [0, 0.1) is 4.58 Å². The summed E-state index contributed by atoms with van der Waals surface area (Å²) in [4.78, 5) is 2.56. The van der Waals surface area contributed by atoms with Crippen molar-refractivity contribution in [3.05, 3.63) is 53.1 Å². The Morgan fingerprint density at radius 1 is 0.722 bits per heavy atom. The van der Waals surface area contributed by atoms with E-state index < -0.39 is 0 Å². The summed E-state index contributed by atoms with van der Waals surface area (Å²) in [7, 11) is 0. The van der Waals surface area contributed by atoms with Gasteiger partial charge in [0.2, 0.25) is 0 Å². The summed E-state index contributed by atoms with van der Waals surface area (Å²) in [5.41, 5.74) is 0. The Morgan fingerprint density at radius 3 is 1.78 bits per heavy atom. The maximum absolute atomic E-state index is 5.82. The lowest BCUT2D eigenvalue weighted by Crippen LogP contribution is -2.21. The Labute approximate surface area is 114 Å². The van der Waals surface area contributed by atoms with Crippen LogP contribution in [0.4, 0.5) is 0 Å². The van der Waals surface area contributed by atoms with E-state index in [1.165, 1.54) is 9.79 Å². The molecule has 4 heteroatoms. The minimum Gasteiger partial charge on any atom is -0.448 e. The van der Waals surface area contributed by atoms with Crippen LogP contribution < -0.4 is 9.47 Å². The zero-order chi connectivity index (χ0) is 11.9. The van der Waals surface area contributed by atoms with Crippen molar-refractivity contribution in [2.24, 2.45) is 0 Å². The van der Waals surface area contributed by atoms with Crippen LogP contribution in [0.15, 0.2) is 58.3 Å². The topological polar surface area (TPSA) is 18.5 Å². The molecule has 0 amide bonds. The third kappa shape index (κ3) is 1.68. The minimum atomic E-state index is -0.287. The van der Waals surface area contributed by atoms with E-state index >= 15 is 0 Å². The van der Waals surface area contributed by atoms with Crippen molar-refractivity contribution < 1.29 is 9.47 Å². The first-order valence-corrected chi connectivity index (χ1v) is 7.27. The molecule has 2 aromatic rings. The fourth-order valence-corrected chi connectivity index (χ4v) is 4.35. The van der Waals surface area contributed by atoms with Gasteiger partial charge in [-0.25, -0.2) is 0 Å². The van der Waals surface area contributed by atoms with E-state index in [0.717, 1.165) is 16.1 Å². The van der Waals surface area contributed by atoms with Gasteiger partial charge in [-0.15, -0.1) is 0 Å². The van der Waals surface area contributed by atoms with Gasteiger partial charge < -0.3 is 9.47 Å².